The first-order chi connectivity index (χ1) is 7.65. The molecule has 0 fully saturated rings. The second-order valence-corrected chi connectivity index (χ2v) is 3.52. The number of phenols is 1. The topological polar surface area (TPSA) is 84.3 Å². The lowest BCUT2D eigenvalue weighted by Crippen LogP contribution is -1.93. The number of hydrogen-bond donors (Lipinski definition) is 4. The largest absolute Gasteiger partial charge is 0.506 e. The van der Waals surface area contributed by atoms with Crippen LogP contribution in [-0.4, -0.2) is 5.11 Å². The number of nitrogen functional groups attached to an aromatic ring is 2. The molecule has 0 atom stereocenters. The van der Waals surface area contributed by atoms with Crippen LogP contribution in [0.5, 0.6) is 5.75 Å². The standard InChI is InChI=1S/C12H13N3O/c13-8-2-1-3-9(6-8)15-10-4-5-11(14)12(16)7-10/h1-7,15-16H,13-14H2. The Morgan fingerprint density at radius 3 is 2.38 bits per heavy atom. The molecule has 2 aromatic carbocycles. The molecular weight excluding hydrogens is 202 g/mol. The van der Waals surface area contributed by atoms with Gasteiger partial charge in [0.25, 0.3) is 0 Å². The molecule has 6 N–H and O–H groups in total. The number of rotatable bonds is 2. The van der Waals surface area contributed by atoms with Crippen LogP contribution in [0, 0.1) is 0 Å². The van der Waals surface area contributed by atoms with E-state index in [1.807, 2.05) is 24.3 Å². The lowest BCUT2D eigenvalue weighted by atomic mass is 10.2. The van der Waals surface area contributed by atoms with Gasteiger partial charge >= 0.3 is 0 Å². The third kappa shape index (κ3) is 2.17. The minimum absolute atomic E-state index is 0.0638. The summed E-state index contributed by atoms with van der Waals surface area (Å²) in [5, 5.41) is 12.6. The summed E-state index contributed by atoms with van der Waals surface area (Å²) < 4.78 is 0. The van der Waals surface area contributed by atoms with Crippen molar-refractivity contribution in [3.05, 3.63) is 42.5 Å². The van der Waals surface area contributed by atoms with Gasteiger partial charge in [-0.1, -0.05) is 6.07 Å². The van der Waals surface area contributed by atoms with Crippen molar-refractivity contribution in [2.75, 3.05) is 16.8 Å². The highest BCUT2D eigenvalue weighted by Crippen LogP contribution is 2.26. The Kier molecular flexibility index (Phi) is 2.55. The molecule has 0 amide bonds. The fraction of sp³-hybridized carbons (Fsp3) is 0. The minimum atomic E-state index is 0.0638. The van der Waals surface area contributed by atoms with E-state index in [2.05, 4.69) is 5.32 Å². The number of aromatic hydroxyl groups is 1. The number of nitrogens with two attached hydrogens (primary N) is 2. The van der Waals surface area contributed by atoms with Crippen LogP contribution in [0.2, 0.25) is 0 Å². The van der Waals surface area contributed by atoms with Crippen molar-refractivity contribution < 1.29 is 5.11 Å². The molecule has 82 valence electrons. The van der Waals surface area contributed by atoms with Crippen molar-refractivity contribution in [3.8, 4) is 5.75 Å². The predicted octanol–water partition coefficient (Wildman–Crippen LogP) is 2.30. The fourth-order valence-electron chi connectivity index (χ4n) is 1.40. The van der Waals surface area contributed by atoms with Gasteiger partial charge in [0.05, 0.1) is 5.69 Å². The SMILES string of the molecule is Nc1cccc(Nc2ccc(N)c(O)c2)c1. The van der Waals surface area contributed by atoms with E-state index in [4.69, 9.17) is 11.5 Å². The zero-order chi connectivity index (χ0) is 11.5. The number of nitrogens with one attached hydrogen (secondary N) is 1. The van der Waals surface area contributed by atoms with E-state index >= 15 is 0 Å². The van der Waals surface area contributed by atoms with Gasteiger partial charge in [0, 0.05) is 23.1 Å². The summed E-state index contributed by atoms with van der Waals surface area (Å²) in [7, 11) is 0. The Morgan fingerprint density at radius 2 is 1.69 bits per heavy atom. The second kappa shape index (κ2) is 4.02. The van der Waals surface area contributed by atoms with Gasteiger partial charge in [-0.25, -0.2) is 0 Å². The summed E-state index contributed by atoms with van der Waals surface area (Å²) in [4.78, 5) is 0. The monoisotopic (exact) mass is 215 g/mol. The average molecular weight is 215 g/mol. The summed E-state index contributed by atoms with van der Waals surface area (Å²) in [5.74, 6) is 0.0638. The number of benzene rings is 2. The normalized spacial score (nSPS) is 10.0. The maximum Gasteiger partial charge on any atom is 0.140 e. The maximum absolute atomic E-state index is 9.44. The van der Waals surface area contributed by atoms with Gasteiger partial charge in [0.1, 0.15) is 5.75 Å². The maximum atomic E-state index is 9.44. The first-order valence-corrected chi connectivity index (χ1v) is 4.86. The van der Waals surface area contributed by atoms with E-state index in [1.54, 1.807) is 18.2 Å². The van der Waals surface area contributed by atoms with E-state index in [9.17, 15) is 5.11 Å². The second-order valence-electron chi connectivity index (χ2n) is 3.52. The van der Waals surface area contributed by atoms with E-state index < -0.39 is 0 Å². The van der Waals surface area contributed by atoms with E-state index in [1.165, 1.54) is 0 Å². The fourth-order valence-corrected chi connectivity index (χ4v) is 1.40. The molecular formula is C12H13N3O. The van der Waals surface area contributed by atoms with Gasteiger partial charge < -0.3 is 21.9 Å². The molecule has 0 aromatic heterocycles. The third-order valence-corrected chi connectivity index (χ3v) is 2.21. The van der Waals surface area contributed by atoms with Crippen LogP contribution >= 0.6 is 0 Å². The molecule has 4 nitrogen and oxygen atoms in total. The Hall–Kier alpha value is -2.36. The summed E-state index contributed by atoms with van der Waals surface area (Å²) in [6.45, 7) is 0. The van der Waals surface area contributed by atoms with Gasteiger partial charge in [-0.3, -0.25) is 0 Å². The first kappa shape index (κ1) is 10.2. The molecule has 0 aliphatic carbocycles. The van der Waals surface area contributed by atoms with Crippen LogP contribution in [-0.2, 0) is 0 Å². The van der Waals surface area contributed by atoms with Gasteiger partial charge in [-0.15, -0.1) is 0 Å². The van der Waals surface area contributed by atoms with Crippen LogP contribution < -0.4 is 16.8 Å². The molecule has 0 unspecified atom stereocenters. The highest BCUT2D eigenvalue weighted by atomic mass is 16.3. The Balaban J connectivity index is 2.24. The van der Waals surface area contributed by atoms with E-state index in [-0.39, 0.29) is 5.75 Å². The first-order valence-electron chi connectivity index (χ1n) is 4.86. The van der Waals surface area contributed by atoms with Crippen molar-refractivity contribution in [1.82, 2.24) is 0 Å². The Bertz CT molecular complexity index is 511. The zero-order valence-corrected chi connectivity index (χ0v) is 8.64. The average Bonchev–Trinajstić information content (AvgIpc) is 2.24. The number of anilines is 4. The van der Waals surface area contributed by atoms with Crippen molar-refractivity contribution in [3.63, 3.8) is 0 Å². The quantitative estimate of drug-likeness (QED) is 0.457. The summed E-state index contributed by atoms with van der Waals surface area (Å²) in [6, 6.07) is 12.4. The molecule has 2 aromatic rings. The van der Waals surface area contributed by atoms with Crippen LogP contribution in [0.25, 0.3) is 0 Å². The summed E-state index contributed by atoms with van der Waals surface area (Å²) >= 11 is 0. The van der Waals surface area contributed by atoms with E-state index in [0.717, 1.165) is 11.4 Å². The molecule has 0 radical (unpaired) electrons. The highest BCUT2D eigenvalue weighted by molar-refractivity contribution is 5.68. The molecule has 16 heavy (non-hydrogen) atoms. The molecule has 0 spiro atoms. The third-order valence-electron chi connectivity index (χ3n) is 2.21. The zero-order valence-electron chi connectivity index (χ0n) is 8.64. The van der Waals surface area contributed by atoms with Crippen molar-refractivity contribution in [2.24, 2.45) is 0 Å². The smallest absolute Gasteiger partial charge is 0.140 e. The van der Waals surface area contributed by atoms with Crippen molar-refractivity contribution in [2.45, 2.75) is 0 Å². The van der Waals surface area contributed by atoms with Crippen LogP contribution in [0.4, 0.5) is 22.7 Å². The molecule has 0 aliphatic heterocycles. The molecule has 0 bridgehead atoms. The van der Waals surface area contributed by atoms with Crippen molar-refractivity contribution >= 4 is 22.7 Å². The lowest BCUT2D eigenvalue weighted by Gasteiger charge is -2.08. The van der Waals surface area contributed by atoms with Crippen LogP contribution in [0.3, 0.4) is 0 Å². The molecule has 4 heteroatoms. The molecule has 2 rings (SSSR count). The lowest BCUT2D eigenvalue weighted by molar-refractivity contribution is 0.478. The number of hydrogen-bond acceptors (Lipinski definition) is 4. The molecule has 0 saturated carbocycles. The van der Waals surface area contributed by atoms with Gasteiger partial charge in [-0.05, 0) is 30.3 Å². The van der Waals surface area contributed by atoms with Gasteiger partial charge in [0.15, 0.2) is 0 Å². The Labute approximate surface area is 93.5 Å². The predicted molar refractivity (Wildman–Crippen MR) is 66.7 cm³/mol. The van der Waals surface area contributed by atoms with Gasteiger partial charge in [-0.2, -0.15) is 0 Å². The summed E-state index contributed by atoms with van der Waals surface area (Å²) in [5.41, 5.74) is 13.8. The highest BCUT2D eigenvalue weighted by Gasteiger charge is 1.99. The van der Waals surface area contributed by atoms with Crippen molar-refractivity contribution in [1.29, 1.82) is 0 Å². The van der Waals surface area contributed by atoms with Crippen LogP contribution in [0.1, 0.15) is 0 Å². The van der Waals surface area contributed by atoms with Gasteiger partial charge in [0.2, 0.25) is 0 Å². The Morgan fingerprint density at radius 1 is 0.938 bits per heavy atom. The minimum Gasteiger partial charge on any atom is -0.506 e. The van der Waals surface area contributed by atoms with E-state index in [0.29, 0.717) is 11.4 Å². The molecule has 0 heterocycles. The molecule has 0 aliphatic rings. The summed E-state index contributed by atoms with van der Waals surface area (Å²) in [6.07, 6.45) is 0. The molecule has 0 saturated heterocycles. The number of phenolic OH excluding ortho intramolecular Hbond substituents is 1. The van der Waals surface area contributed by atoms with Crippen LogP contribution in [0.15, 0.2) is 42.5 Å².